The molecule has 29 heavy (non-hydrogen) atoms. The molecule has 0 amide bonds. The van der Waals surface area contributed by atoms with Crippen molar-refractivity contribution in [2.24, 2.45) is 5.10 Å². The Bertz CT molecular complexity index is 1260. The minimum Gasteiger partial charge on any atom is -0.256 e. The molecule has 0 aliphatic carbocycles. The van der Waals surface area contributed by atoms with Gasteiger partial charge in [-0.05, 0) is 48.9 Å². The lowest BCUT2D eigenvalue weighted by molar-refractivity contribution is 0.772. The second kappa shape index (κ2) is 7.82. The molecule has 0 aliphatic heterocycles. The third kappa shape index (κ3) is 3.77. The topological polar surface area (TPSA) is 92.6 Å². The summed E-state index contributed by atoms with van der Waals surface area (Å²) in [6.07, 6.45) is 5.61. The number of benzene rings is 1. The first kappa shape index (κ1) is 18.2. The van der Waals surface area contributed by atoms with Gasteiger partial charge in [0.25, 0.3) is 0 Å². The summed E-state index contributed by atoms with van der Waals surface area (Å²) in [6.45, 7) is 5.70. The predicted molar refractivity (Wildman–Crippen MR) is 110 cm³/mol. The lowest BCUT2D eigenvalue weighted by Gasteiger charge is -2.07. The first-order valence-electron chi connectivity index (χ1n) is 9.00. The first-order chi connectivity index (χ1) is 14.2. The fraction of sp³-hybridized carbons (Fsp3) is 0.0909. The average molecular weight is 379 g/mol. The summed E-state index contributed by atoms with van der Waals surface area (Å²) in [5, 5.41) is 23.2. The van der Waals surface area contributed by atoms with E-state index in [0.717, 1.165) is 22.0 Å². The smallest absolute Gasteiger partial charge is 0.159 e. The molecule has 0 N–H and O–H groups in total. The number of fused-ring (bicyclic) bond motifs is 1. The molecule has 3 heterocycles. The molecule has 0 radical (unpaired) electrons. The van der Waals surface area contributed by atoms with E-state index in [2.05, 4.69) is 37.9 Å². The molecule has 0 fully saturated rings. The SMILES string of the molecule is C=C/C(=N\n1c(C)nnc1Cc1ccc2ncccc2c1)c1ccc(C#N)nc1. The summed E-state index contributed by atoms with van der Waals surface area (Å²) < 4.78 is 1.71. The van der Waals surface area contributed by atoms with Gasteiger partial charge in [0.2, 0.25) is 0 Å². The summed E-state index contributed by atoms with van der Waals surface area (Å²) in [5.74, 6) is 1.38. The Kier molecular flexibility index (Phi) is 4.91. The Hall–Kier alpha value is -4.18. The Morgan fingerprint density at radius 1 is 1.21 bits per heavy atom. The van der Waals surface area contributed by atoms with E-state index in [4.69, 9.17) is 5.26 Å². The predicted octanol–water partition coefficient (Wildman–Crippen LogP) is 3.43. The van der Waals surface area contributed by atoms with Crippen LogP contribution in [-0.4, -0.2) is 30.6 Å². The van der Waals surface area contributed by atoms with Gasteiger partial charge in [-0.25, -0.2) is 9.66 Å². The molecule has 0 atom stereocenters. The standard InChI is InChI=1S/C22H17N7/c1-3-20(18-7-8-19(13-23)25-14-18)28-29-15(2)26-27-22(29)12-16-6-9-21-17(11-16)5-4-10-24-21/h3-11,14H,1,12H2,2H3/b28-20+. The van der Waals surface area contributed by atoms with Crippen molar-refractivity contribution in [1.82, 2.24) is 24.8 Å². The minimum absolute atomic E-state index is 0.351. The van der Waals surface area contributed by atoms with Gasteiger partial charge in [-0.2, -0.15) is 10.4 Å². The van der Waals surface area contributed by atoms with E-state index in [-0.39, 0.29) is 0 Å². The molecule has 0 aliphatic rings. The van der Waals surface area contributed by atoms with Crippen molar-refractivity contribution in [3.8, 4) is 6.07 Å². The highest BCUT2D eigenvalue weighted by molar-refractivity contribution is 6.08. The van der Waals surface area contributed by atoms with Gasteiger partial charge in [-0.3, -0.25) is 4.98 Å². The number of nitrogens with zero attached hydrogens (tertiary/aromatic N) is 7. The molecule has 4 rings (SSSR count). The summed E-state index contributed by atoms with van der Waals surface area (Å²) in [6, 6.07) is 15.5. The van der Waals surface area contributed by atoms with Crippen LogP contribution >= 0.6 is 0 Å². The van der Waals surface area contributed by atoms with Gasteiger partial charge >= 0.3 is 0 Å². The molecule has 0 unspecified atom stereocenters. The van der Waals surface area contributed by atoms with Gasteiger partial charge in [0.15, 0.2) is 11.6 Å². The molecule has 1 aromatic carbocycles. The fourth-order valence-electron chi connectivity index (χ4n) is 3.00. The molecule has 0 saturated heterocycles. The van der Waals surface area contributed by atoms with Gasteiger partial charge in [0.1, 0.15) is 11.8 Å². The molecule has 3 aromatic heterocycles. The maximum absolute atomic E-state index is 8.92. The van der Waals surface area contributed by atoms with E-state index in [0.29, 0.717) is 29.5 Å². The minimum atomic E-state index is 0.351. The van der Waals surface area contributed by atoms with Crippen molar-refractivity contribution in [3.63, 3.8) is 0 Å². The van der Waals surface area contributed by atoms with Gasteiger partial charge in [-0.1, -0.05) is 18.7 Å². The van der Waals surface area contributed by atoms with Crippen LogP contribution in [-0.2, 0) is 6.42 Å². The van der Waals surface area contributed by atoms with Crippen LogP contribution in [0.25, 0.3) is 10.9 Å². The van der Waals surface area contributed by atoms with Crippen LogP contribution in [0.5, 0.6) is 0 Å². The second-order valence-electron chi connectivity index (χ2n) is 6.42. The molecular formula is C22H17N7. The van der Waals surface area contributed by atoms with Gasteiger partial charge in [-0.15, -0.1) is 10.2 Å². The molecule has 140 valence electrons. The Labute approximate surface area is 167 Å². The van der Waals surface area contributed by atoms with Crippen molar-refractivity contribution in [1.29, 1.82) is 5.26 Å². The van der Waals surface area contributed by atoms with Crippen molar-refractivity contribution < 1.29 is 0 Å². The lowest BCUT2D eigenvalue weighted by Crippen LogP contribution is -2.07. The summed E-state index contributed by atoms with van der Waals surface area (Å²) in [4.78, 5) is 8.46. The fourth-order valence-corrected chi connectivity index (χ4v) is 3.00. The zero-order valence-electron chi connectivity index (χ0n) is 15.8. The van der Waals surface area contributed by atoms with E-state index >= 15 is 0 Å². The largest absolute Gasteiger partial charge is 0.256 e. The molecule has 0 bridgehead atoms. The first-order valence-corrected chi connectivity index (χ1v) is 9.00. The lowest BCUT2D eigenvalue weighted by atomic mass is 10.1. The van der Waals surface area contributed by atoms with Crippen LogP contribution in [0.2, 0.25) is 0 Å². The highest BCUT2D eigenvalue weighted by Gasteiger charge is 2.11. The van der Waals surface area contributed by atoms with Crippen LogP contribution in [0, 0.1) is 18.3 Å². The zero-order chi connectivity index (χ0) is 20.2. The highest BCUT2D eigenvalue weighted by Crippen LogP contribution is 2.17. The number of pyridine rings is 2. The molecule has 0 saturated carbocycles. The summed E-state index contributed by atoms with van der Waals surface area (Å²) in [7, 11) is 0. The number of hydrogen-bond acceptors (Lipinski definition) is 6. The van der Waals surface area contributed by atoms with Crippen molar-refractivity contribution in [2.45, 2.75) is 13.3 Å². The van der Waals surface area contributed by atoms with Gasteiger partial charge in [0.05, 0.1) is 11.2 Å². The number of aryl methyl sites for hydroxylation is 1. The van der Waals surface area contributed by atoms with E-state index < -0.39 is 0 Å². The molecule has 7 heteroatoms. The molecule has 0 spiro atoms. The van der Waals surface area contributed by atoms with Crippen LogP contribution in [0.15, 0.2) is 72.6 Å². The number of rotatable bonds is 5. The highest BCUT2D eigenvalue weighted by atomic mass is 15.5. The third-order valence-electron chi connectivity index (χ3n) is 4.47. The van der Waals surface area contributed by atoms with E-state index in [1.165, 1.54) is 0 Å². The van der Waals surface area contributed by atoms with Crippen LogP contribution in [0.3, 0.4) is 0 Å². The number of hydrogen-bond donors (Lipinski definition) is 0. The van der Waals surface area contributed by atoms with Crippen LogP contribution in [0.4, 0.5) is 0 Å². The number of aromatic nitrogens is 5. The third-order valence-corrected chi connectivity index (χ3v) is 4.47. The maximum atomic E-state index is 8.92. The van der Waals surface area contributed by atoms with Crippen LogP contribution in [0.1, 0.15) is 28.5 Å². The normalized spacial score (nSPS) is 11.4. The average Bonchev–Trinajstić information content (AvgIpc) is 3.11. The van der Waals surface area contributed by atoms with E-state index in [9.17, 15) is 0 Å². The van der Waals surface area contributed by atoms with Crippen LogP contribution < -0.4 is 0 Å². The summed E-state index contributed by atoms with van der Waals surface area (Å²) >= 11 is 0. The Morgan fingerprint density at radius 3 is 2.86 bits per heavy atom. The van der Waals surface area contributed by atoms with Crippen molar-refractivity contribution >= 4 is 16.6 Å². The molecule has 4 aromatic rings. The van der Waals surface area contributed by atoms with Gasteiger partial charge in [0, 0.05) is 29.8 Å². The van der Waals surface area contributed by atoms with Gasteiger partial charge < -0.3 is 0 Å². The number of nitriles is 1. The van der Waals surface area contributed by atoms with Crippen molar-refractivity contribution in [2.75, 3.05) is 0 Å². The molecular weight excluding hydrogens is 362 g/mol. The monoisotopic (exact) mass is 379 g/mol. The number of allylic oxidation sites excluding steroid dienone is 1. The Morgan fingerprint density at radius 2 is 2.10 bits per heavy atom. The van der Waals surface area contributed by atoms with Crippen molar-refractivity contribution in [3.05, 3.63) is 96.0 Å². The van der Waals surface area contributed by atoms with E-state index in [1.807, 2.05) is 37.3 Å². The quantitative estimate of drug-likeness (QED) is 0.495. The Balaban J connectivity index is 1.69. The second-order valence-corrected chi connectivity index (χ2v) is 6.42. The zero-order valence-corrected chi connectivity index (χ0v) is 15.8. The maximum Gasteiger partial charge on any atom is 0.159 e. The molecule has 7 nitrogen and oxygen atoms in total. The van der Waals surface area contributed by atoms with E-state index in [1.54, 1.807) is 35.3 Å². The summed E-state index contributed by atoms with van der Waals surface area (Å²) in [5.41, 5.74) is 3.77.